The maximum Gasteiger partial charge on any atom is 0.324 e. The van der Waals surface area contributed by atoms with Gasteiger partial charge in [0.15, 0.2) is 11.5 Å². The summed E-state index contributed by atoms with van der Waals surface area (Å²) in [6, 6.07) is 5.75. The van der Waals surface area contributed by atoms with Gasteiger partial charge in [-0.3, -0.25) is 4.79 Å². The minimum absolute atomic E-state index is 0.114. The van der Waals surface area contributed by atoms with Gasteiger partial charge in [-0.25, -0.2) is 0 Å². The fourth-order valence-corrected chi connectivity index (χ4v) is 2.92. The number of hydrogen-bond acceptors (Lipinski definition) is 4. The number of likely N-dealkylation sites (N-methyl/N-ethyl adjacent to an activating group) is 1. The van der Waals surface area contributed by atoms with Crippen LogP contribution in [0.15, 0.2) is 18.2 Å². The molecular weight excluding hydrogens is 270 g/mol. The van der Waals surface area contributed by atoms with Crippen LogP contribution >= 0.6 is 0 Å². The number of methoxy groups -OCH3 is 1. The highest BCUT2D eigenvalue weighted by Crippen LogP contribution is 2.36. The lowest BCUT2D eigenvalue weighted by atomic mass is 9.98. The molecule has 0 amide bonds. The number of nitrogens with one attached hydrogen (secondary N) is 1. The van der Waals surface area contributed by atoms with Gasteiger partial charge in [0.1, 0.15) is 11.6 Å². The molecule has 1 saturated carbocycles. The van der Waals surface area contributed by atoms with Crippen LogP contribution in [0.2, 0.25) is 0 Å². The van der Waals surface area contributed by atoms with Crippen molar-refractivity contribution in [3.05, 3.63) is 23.8 Å². The molecule has 2 N–H and O–H groups in total. The van der Waals surface area contributed by atoms with Crippen LogP contribution in [0.5, 0.6) is 11.5 Å². The minimum Gasteiger partial charge on any atom is -0.493 e. The van der Waals surface area contributed by atoms with Gasteiger partial charge in [-0.05, 0) is 44.0 Å². The predicted octanol–water partition coefficient (Wildman–Crippen LogP) is 2.37. The lowest BCUT2D eigenvalue weighted by Crippen LogP contribution is -2.50. The third kappa shape index (κ3) is 3.29. The Labute approximate surface area is 125 Å². The van der Waals surface area contributed by atoms with Crippen molar-refractivity contribution in [2.75, 3.05) is 13.7 Å². The summed E-state index contributed by atoms with van der Waals surface area (Å²) in [6.07, 6.45) is 1.65. The lowest BCUT2D eigenvalue weighted by Gasteiger charge is -2.25. The molecule has 2 atom stereocenters. The van der Waals surface area contributed by atoms with Gasteiger partial charge in [-0.2, -0.15) is 0 Å². The number of benzene rings is 1. The van der Waals surface area contributed by atoms with Crippen LogP contribution in [0.4, 0.5) is 0 Å². The normalized spacial score (nSPS) is 24.8. The highest BCUT2D eigenvalue weighted by atomic mass is 16.5. The zero-order chi connectivity index (χ0) is 15.5. The van der Waals surface area contributed by atoms with E-state index in [9.17, 15) is 9.90 Å². The quantitative estimate of drug-likeness (QED) is 0.843. The molecule has 5 nitrogen and oxygen atoms in total. The van der Waals surface area contributed by atoms with Crippen LogP contribution in [0.1, 0.15) is 31.7 Å². The molecule has 2 rings (SSSR count). The molecule has 1 aromatic rings. The van der Waals surface area contributed by atoms with Gasteiger partial charge in [-0.15, -0.1) is 0 Å². The first-order chi connectivity index (χ1) is 10.0. The van der Waals surface area contributed by atoms with Crippen LogP contribution in [-0.4, -0.2) is 36.4 Å². The number of ether oxygens (including phenoxy) is 2. The van der Waals surface area contributed by atoms with E-state index >= 15 is 0 Å². The summed E-state index contributed by atoms with van der Waals surface area (Å²) in [6.45, 7) is 4.54. The number of aliphatic carboxylic acids is 1. The van der Waals surface area contributed by atoms with Crippen molar-refractivity contribution in [1.29, 1.82) is 0 Å². The molecule has 0 aromatic heterocycles. The van der Waals surface area contributed by atoms with Crippen molar-refractivity contribution < 1.29 is 19.4 Å². The molecule has 0 heterocycles. The molecule has 1 aliphatic carbocycles. The second-order valence-electron chi connectivity index (χ2n) is 5.55. The van der Waals surface area contributed by atoms with Gasteiger partial charge in [-0.1, -0.05) is 13.0 Å². The van der Waals surface area contributed by atoms with Crippen LogP contribution < -0.4 is 14.8 Å². The maximum absolute atomic E-state index is 11.5. The number of aryl methyl sites for hydroxylation is 1. The first kappa shape index (κ1) is 15.6. The molecular formula is C16H23NO4. The van der Waals surface area contributed by atoms with Crippen molar-refractivity contribution in [1.82, 2.24) is 5.32 Å². The molecule has 0 bridgehead atoms. The van der Waals surface area contributed by atoms with Crippen LogP contribution in [0.25, 0.3) is 0 Å². The van der Waals surface area contributed by atoms with Gasteiger partial charge in [0.25, 0.3) is 0 Å². The summed E-state index contributed by atoms with van der Waals surface area (Å²) < 4.78 is 11.3. The topological polar surface area (TPSA) is 67.8 Å². The fourth-order valence-electron chi connectivity index (χ4n) is 2.92. The Kier molecular flexibility index (Phi) is 4.73. The third-order valence-electron chi connectivity index (χ3n) is 4.01. The first-order valence-corrected chi connectivity index (χ1v) is 7.30. The summed E-state index contributed by atoms with van der Waals surface area (Å²) in [5.41, 5.74) is 0.232. The molecule has 1 aromatic carbocycles. The van der Waals surface area contributed by atoms with Gasteiger partial charge < -0.3 is 19.9 Å². The van der Waals surface area contributed by atoms with E-state index < -0.39 is 11.5 Å². The van der Waals surface area contributed by atoms with E-state index in [1.807, 2.05) is 32.0 Å². The molecule has 2 unspecified atom stereocenters. The van der Waals surface area contributed by atoms with Gasteiger partial charge in [0, 0.05) is 6.42 Å². The number of carboxylic acid groups (broad SMARTS) is 1. The van der Waals surface area contributed by atoms with Crippen molar-refractivity contribution in [3.63, 3.8) is 0 Å². The molecule has 1 aliphatic rings. The zero-order valence-electron chi connectivity index (χ0n) is 12.8. The lowest BCUT2D eigenvalue weighted by molar-refractivity contribution is -0.144. The molecule has 0 radical (unpaired) electrons. The van der Waals surface area contributed by atoms with Crippen LogP contribution in [0, 0.1) is 6.92 Å². The predicted molar refractivity (Wildman–Crippen MR) is 80.0 cm³/mol. The van der Waals surface area contributed by atoms with Crippen LogP contribution in [0.3, 0.4) is 0 Å². The van der Waals surface area contributed by atoms with Crippen molar-refractivity contribution in [2.45, 2.75) is 44.8 Å². The number of carbonyl (C=O) groups is 1. The summed E-state index contributed by atoms with van der Waals surface area (Å²) >= 11 is 0. The smallest absolute Gasteiger partial charge is 0.324 e. The molecule has 0 aliphatic heterocycles. The standard InChI is InChI=1S/C16H23NO4/c1-4-17-16(15(18)19)8-7-12(10-16)21-13-6-5-11(2)9-14(13)20-3/h5-6,9,12,17H,4,7-8,10H2,1-3H3,(H,18,19). The number of carboxylic acids is 1. The first-order valence-electron chi connectivity index (χ1n) is 7.30. The van der Waals surface area contributed by atoms with E-state index in [4.69, 9.17) is 9.47 Å². The van der Waals surface area contributed by atoms with Gasteiger partial charge >= 0.3 is 5.97 Å². The largest absolute Gasteiger partial charge is 0.493 e. The Morgan fingerprint density at radius 2 is 2.24 bits per heavy atom. The Morgan fingerprint density at radius 1 is 1.48 bits per heavy atom. The average Bonchev–Trinajstić information content (AvgIpc) is 2.86. The molecule has 1 fully saturated rings. The SMILES string of the molecule is CCNC1(C(=O)O)CCC(Oc2ccc(C)cc2OC)C1. The third-order valence-corrected chi connectivity index (χ3v) is 4.01. The van der Waals surface area contributed by atoms with Crippen LogP contribution in [-0.2, 0) is 4.79 Å². The van der Waals surface area contributed by atoms with E-state index in [0.717, 1.165) is 12.0 Å². The Bertz CT molecular complexity index is 517. The van der Waals surface area contributed by atoms with Gasteiger partial charge in [0.05, 0.1) is 7.11 Å². The molecule has 116 valence electrons. The Balaban J connectivity index is 2.10. The summed E-state index contributed by atoms with van der Waals surface area (Å²) in [5, 5.41) is 12.6. The minimum atomic E-state index is -0.864. The second kappa shape index (κ2) is 6.35. The fraction of sp³-hybridized carbons (Fsp3) is 0.562. The highest BCUT2D eigenvalue weighted by Gasteiger charge is 2.46. The van der Waals surface area contributed by atoms with E-state index in [1.54, 1.807) is 7.11 Å². The molecule has 0 spiro atoms. The Hall–Kier alpha value is -1.75. The number of hydrogen-bond donors (Lipinski definition) is 2. The summed E-state index contributed by atoms with van der Waals surface area (Å²) in [7, 11) is 1.61. The summed E-state index contributed by atoms with van der Waals surface area (Å²) in [5.74, 6) is 0.559. The van der Waals surface area contributed by atoms with E-state index in [2.05, 4.69) is 5.32 Å². The Morgan fingerprint density at radius 3 is 2.86 bits per heavy atom. The zero-order valence-corrected chi connectivity index (χ0v) is 12.8. The van der Waals surface area contributed by atoms with Crippen molar-refractivity contribution in [2.24, 2.45) is 0 Å². The molecule has 0 saturated heterocycles. The van der Waals surface area contributed by atoms with Gasteiger partial charge in [0.2, 0.25) is 0 Å². The van der Waals surface area contributed by atoms with E-state index in [1.165, 1.54) is 0 Å². The van der Waals surface area contributed by atoms with Crippen molar-refractivity contribution in [3.8, 4) is 11.5 Å². The molecule has 21 heavy (non-hydrogen) atoms. The highest BCUT2D eigenvalue weighted by molar-refractivity contribution is 5.79. The van der Waals surface area contributed by atoms with E-state index in [-0.39, 0.29) is 6.10 Å². The molecule has 5 heteroatoms. The monoisotopic (exact) mass is 293 g/mol. The average molecular weight is 293 g/mol. The second-order valence-corrected chi connectivity index (χ2v) is 5.55. The summed E-state index contributed by atoms with van der Waals surface area (Å²) in [4.78, 5) is 11.5. The van der Waals surface area contributed by atoms with Crippen molar-refractivity contribution >= 4 is 5.97 Å². The van der Waals surface area contributed by atoms with E-state index in [0.29, 0.717) is 30.9 Å². The maximum atomic E-state index is 11.5. The number of rotatable bonds is 6.